The monoisotopic (exact) mass is 356 g/mol. The van der Waals surface area contributed by atoms with Crippen LogP contribution in [-0.2, 0) is 20.4 Å². The largest absolute Gasteiger partial charge is 0.352 e. The molecule has 8 heteroatoms. The summed E-state index contributed by atoms with van der Waals surface area (Å²) in [4.78, 5) is 17.3. The zero-order valence-corrected chi connectivity index (χ0v) is 14.4. The quantitative estimate of drug-likeness (QED) is 0.862. The Balaban J connectivity index is 1.69. The van der Waals surface area contributed by atoms with Gasteiger partial charge >= 0.3 is 0 Å². The lowest BCUT2D eigenvalue weighted by molar-refractivity contribution is -0.120. The van der Waals surface area contributed by atoms with Gasteiger partial charge in [-0.05, 0) is 31.2 Å². The molecule has 2 heterocycles. The van der Waals surface area contributed by atoms with E-state index in [1.54, 1.807) is 16.7 Å². The van der Waals surface area contributed by atoms with E-state index in [9.17, 15) is 13.2 Å². The van der Waals surface area contributed by atoms with Gasteiger partial charge in [0.15, 0.2) is 9.84 Å². The molecule has 1 fully saturated rings. The van der Waals surface area contributed by atoms with Gasteiger partial charge in [0, 0.05) is 11.4 Å². The van der Waals surface area contributed by atoms with Crippen molar-refractivity contribution in [2.24, 2.45) is 0 Å². The van der Waals surface area contributed by atoms with Crippen LogP contribution in [0.4, 0.5) is 0 Å². The fourth-order valence-electron chi connectivity index (χ4n) is 1.93. The Labute approximate surface area is 137 Å². The lowest BCUT2D eigenvalue weighted by atomic mass is 10.4. The molecule has 2 aromatic heterocycles. The van der Waals surface area contributed by atoms with Gasteiger partial charge in [0.2, 0.25) is 5.91 Å². The minimum absolute atomic E-state index is 0.162. The number of thiazole rings is 1. The third kappa shape index (κ3) is 3.56. The molecule has 1 saturated carbocycles. The lowest BCUT2D eigenvalue weighted by Crippen LogP contribution is -2.39. The molecule has 0 unspecified atom stereocenters. The number of hydrogen-bond acceptors (Lipinski definition) is 6. The molecule has 0 aliphatic heterocycles. The van der Waals surface area contributed by atoms with Crippen LogP contribution in [0.25, 0.3) is 9.88 Å². The Morgan fingerprint density at radius 1 is 1.45 bits per heavy atom. The van der Waals surface area contributed by atoms with Crippen LogP contribution in [-0.4, -0.2) is 30.6 Å². The van der Waals surface area contributed by atoms with Gasteiger partial charge in [0.1, 0.15) is 10.3 Å². The molecular weight excluding hydrogens is 340 g/mol. The standard InChI is InChI=1S/C14H16N2O3S3/c1-9(13(17)15-10-4-5-10)22(18,19)8-11-7-21-14(16-11)12-3-2-6-20-12/h2-3,6-7,9-10H,4-5,8H2,1H3,(H,15,17)/t9-/m0/s1. The van der Waals surface area contributed by atoms with E-state index >= 15 is 0 Å². The van der Waals surface area contributed by atoms with Crippen LogP contribution in [0.1, 0.15) is 25.5 Å². The Morgan fingerprint density at radius 2 is 2.23 bits per heavy atom. The minimum Gasteiger partial charge on any atom is -0.352 e. The van der Waals surface area contributed by atoms with Crippen molar-refractivity contribution in [3.8, 4) is 9.88 Å². The maximum atomic E-state index is 12.3. The zero-order valence-electron chi connectivity index (χ0n) is 12.0. The summed E-state index contributed by atoms with van der Waals surface area (Å²) in [5, 5.41) is 6.22. The molecule has 0 saturated heterocycles. The summed E-state index contributed by atoms with van der Waals surface area (Å²) in [6.45, 7) is 1.44. The highest BCUT2D eigenvalue weighted by molar-refractivity contribution is 7.92. The maximum Gasteiger partial charge on any atom is 0.238 e. The molecule has 1 amide bonds. The number of rotatable bonds is 6. The number of nitrogens with zero attached hydrogens (tertiary/aromatic N) is 1. The van der Waals surface area contributed by atoms with Crippen molar-refractivity contribution in [2.75, 3.05) is 0 Å². The Hall–Kier alpha value is -1.25. The van der Waals surface area contributed by atoms with Crippen LogP contribution < -0.4 is 5.32 Å². The van der Waals surface area contributed by atoms with Crippen LogP contribution in [0.2, 0.25) is 0 Å². The van der Waals surface area contributed by atoms with Crippen LogP contribution in [0.3, 0.4) is 0 Å². The second kappa shape index (κ2) is 6.10. The van der Waals surface area contributed by atoms with Crippen molar-refractivity contribution in [3.63, 3.8) is 0 Å². The van der Waals surface area contributed by atoms with Gasteiger partial charge in [-0.1, -0.05) is 6.07 Å². The van der Waals surface area contributed by atoms with Crippen LogP contribution >= 0.6 is 22.7 Å². The SMILES string of the molecule is C[C@@H](C(=O)NC1CC1)S(=O)(=O)Cc1csc(-c2cccs2)n1. The first-order valence-electron chi connectivity index (χ1n) is 6.96. The molecule has 0 bridgehead atoms. The first kappa shape index (κ1) is 15.6. The van der Waals surface area contributed by atoms with Crippen molar-refractivity contribution >= 4 is 38.4 Å². The van der Waals surface area contributed by atoms with Gasteiger partial charge < -0.3 is 5.32 Å². The molecule has 1 N–H and O–H groups in total. The number of hydrogen-bond donors (Lipinski definition) is 1. The number of thiophene rings is 1. The summed E-state index contributed by atoms with van der Waals surface area (Å²) < 4.78 is 24.7. The molecule has 2 aromatic rings. The van der Waals surface area contributed by atoms with E-state index in [0.717, 1.165) is 22.7 Å². The topological polar surface area (TPSA) is 76.1 Å². The Morgan fingerprint density at radius 3 is 2.86 bits per heavy atom. The lowest BCUT2D eigenvalue weighted by Gasteiger charge is -2.12. The molecule has 1 atom stereocenters. The first-order chi connectivity index (χ1) is 10.5. The third-order valence-corrected chi connectivity index (χ3v) is 7.38. The normalized spacial score (nSPS) is 16.4. The van der Waals surface area contributed by atoms with Crippen LogP contribution in [0.15, 0.2) is 22.9 Å². The van der Waals surface area contributed by atoms with Gasteiger partial charge in [0.25, 0.3) is 0 Å². The summed E-state index contributed by atoms with van der Waals surface area (Å²) in [5.74, 6) is -0.607. The zero-order chi connectivity index (χ0) is 15.7. The fourth-order valence-corrected chi connectivity index (χ4v) is 4.87. The fraction of sp³-hybridized carbons (Fsp3) is 0.429. The van der Waals surface area contributed by atoms with Gasteiger partial charge in [-0.15, -0.1) is 22.7 Å². The predicted octanol–water partition coefficient (Wildman–Crippen LogP) is 2.45. The van der Waals surface area contributed by atoms with Gasteiger partial charge in [-0.3, -0.25) is 4.79 Å². The molecular formula is C14H16N2O3S3. The van der Waals surface area contributed by atoms with Gasteiger partial charge in [0.05, 0.1) is 16.3 Å². The van der Waals surface area contributed by atoms with E-state index in [4.69, 9.17) is 0 Å². The first-order valence-corrected chi connectivity index (χ1v) is 10.4. The molecule has 1 aliphatic rings. The van der Waals surface area contributed by atoms with Gasteiger partial charge in [-0.25, -0.2) is 13.4 Å². The van der Waals surface area contributed by atoms with Crippen molar-refractivity contribution in [1.29, 1.82) is 0 Å². The molecule has 0 radical (unpaired) electrons. The molecule has 22 heavy (non-hydrogen) atoms. The Kier molecular flexibility index (Phi) is 4.33. The van der Waals surface area contributed by atoms with E-state index in [1.807, 2.05) is 17.5 Å². The summed E-state index contributed by atoms with van der Waals surface area (Å²) in [7, 11) is -3.55. The summed E-state index contributed by atoms with van der Waals surface area (Å²) in [6.07, 6.45) is 1.88. The van der Waals surface area contributed by atoms with Crippen molar-refractivity contribution in [2.45, 2.75) is 36.8 Å². The average molecular weight is 356 g/mol. The van der Waals surface area contributed by atoms with E-state index in [0.29, 0.717) is 5.69 Å². The molecule has 5 nitrogen and oxygen atoms in total. The highest BCUT2D eigenvalue weighted by atomic mass is 32.2. The summed E-state index contributed by atoms with van der Waals surface area (Å²) in [5.41, 5.74) is 0.500. The summed E-state index contributed by atoms with van der Waals surface area (Å²) >= 11 is 2.99. The predicted molar refractivity (Wildman–Crippen MR) is 88.7 cm³/mol. The maximum absolute atomic E-state index is 12.3. The number of aromatic nitrogens is 1. The molecule has 0 aromatic carbocycles. The van der Waals surface area contributed by atoms with Crippen molar-refractivity contribution in [3.05, 3.63) is 28.6 Å². The number of carbonyl (C=O) groups excluding carboxylic acids is 1. The molecule has 3 rings (SSSR count). The van der Waals surface area contributed by atoms with Gasteiger partial charge in [-0.2, -0.15) is 0 Å². The summed E-state index contributed by atoms with van der Waals surface area (Å²) in [6, 6.07) is 4.05. The second-order valence-electron chi connectivity index (χ2n) is 5.35. The minimum atomic E-state index is -3.55. The number of amides is 1. The second-order valence-corrected chi connectivity index (χ2v) is 9.48. The number of sulfone groups is 1. The molecule has 0 spiro atoms. The van der Waals surface area contributed by atoms with E-state index in [1.165, 1.54) is 18.3 Å². The highest BCUT2D eigenvalue weighted by Crippen LogP contribution is 2.28. The number of nitrogens with one attached hydrogen (secondary N) is 1. The van der Waals surface area contributed by atoms with E-state index in [2.05, 4.69) is 10.3 Å². The van der Waals surface area contributed by atoms with Crippen LogP contribution in [0.5, 0.6) is 0 Å². The van der Waals surface area contributed by atoms with Crippen LogP contribution in [0, 0.1) is 0 Å². The Bertz CT molecular complexity index is 761. The number of carbonyl (C=O) groups is 1. The van der Waals surface area contributed by atoms with Crippen molar-refractivity contribution < 1.29 is 13.2 Å². The smallest absolute Gasteiger partial charge is 0.238 e. The highest BCUT2D eigenvalue weighted by Gasteiger charge is 2.32. The van der Waals surface area contributed by atoms with E-state index < -0.39 is 21.0 Å². The van der Waals surface area contributed by atoms with E-state index in [-0.39, 0.29) is 11.8 Å². The average Bonchev–Trinajstić information content (AvgIpc) is 2.93. The molecule has 1 aliphatic carbocycles. The molecule has 118 valence electrons. The third-order valence-electron chi connectivity index (χ3n) is 3.46. The van der Waals surface area contributed by atoms with Crippen molar-refractivity contribution in [1.82, 2.24) is 10.3 Å².